The number of halogens is 1. The van der Waals surface area contributed by atoms with Crippen LogP contribution in [0.2, 0.25) is 5.02 Å². The summed E-state index contributed by atoms with van der Waals surface area (Å²) in [6.45, 7) is 1.28. The van der Waals surface area contributed by atoms with Gasteiger partial charge in [-0.25, -0.2) is 4.98 Å². The van der Waals surface area contributed by atoms with Gasteiger partial charge in [0.15, 0.2) is 0 Å². The average Bonchev–Trinajstić information content (AvgIpc) is 3.04. The third kappa shape index (κ3) is 3.16. The average molecular weight is 336 g/mol. The normalized spacial score (nSPS) is 18.5. The Labute approximate surface area is 138 Å². The van der Waals surface area contributed by atoms with Crippen LogP contribution in [0.3, 0.4) is 0 Å². The Kier molecular flexibility index (Phi) is 4.76. The van der Waals surface area contributed by atoms with Crippen molar-refractivity contribution in [2.45, 2.75) is 25.3 Å². The first kappa shape index (κ1) is 15.5. The number of aromatic nitrogens is 1. The molecule has 1 aliphatic heterocycles. The number of nitrogens with two attached hydrogens (primary N) is 1. The van der Waals surface area contributed by atoms with Crippen LogP contribution >= 0.6 is 22.9 Å². The highest BCUT2D eigenvalue weighted by molar-refractivity contribution is 7.13. The molecule has 0 saturated carbocycles. The van der Waals surface area contributed by atoms with Crippen molar-refractivity contribution in [1.82, 2.24) is 9.88 Å². The summed E-state index contributed by atoms with van der Waals surface area (Å²) in [5.74, 6) is -0.0142. The third-order valence-corrected chi connectivity index (χ3v) is 5.08. The summed E-state index contributed by atoms with van der Waals surface area (Å²) in [6, 6.07) is 7.65. The summed E-state index contributed by atoms with van der Waals surface area (Å²) >= 11 is 7.48. The van der Waals surface area contributed by atoms with Crippen LogP contribution < -0.4 is 5.73 Å². The van der Waals surface area contributed by atoms with Gasteiger partial charge in [-0.15, -0.1) is 11.3 Å². The highest BCUT2D eigenvalue weighted by Crippen LogP contribution is 2.27. The van der Waals surface area contributed by atoms with Crippen LogP contribution in [0.15, 0.2) is 29.6 Å². The molecule has 3 rings (SSSR count). The van der Waals surface area contributed by atoms with Gasteiger partial charge in [-0.2, -0.15) is 0 Å². The first-order chi connectivity index (χ1) is 10.7. The molecule has 2 N–H and O–H groups in total. The van der Waals surface area contributed by atoms with Gasteiger partial charge in [-0.1, -0.05) is 23.7 Å². The summed E-state index contributed by atoms with van der Waals surface area (Å²) in [6.07, 6.45) is 3.15. The predicted octanol–water partition coefficient (Wildman–Crippen LogP) is 3.42. The molecule has 2 aromatic rings. The second-order valence-corrected chi connectivity index (χ2v) is 6.73. The van der Waals surface area contributed by atoms with E-state index in [0.717, 1.165) is 36.4 Å². The number of benzene rings is 1. The Morgan fingerprint density at radius 1 is 1.45 bits per heavy atom. The number of carbonyl (C=O) groups is 1. The van der Waals surface area contributed by atoms with Crippen LogP contribution in [0.4, 0.5) is 0 Å². The highest BCUT2D eigenvalue weighted by Gasteiger charge is 2.27. The summed E-state index contributed by atoms with van der Waals surface area (Å²) in [7, 11) is 0. The predicted molar refractivity (Wildman–Crippen MR) is 90.3 cm³/mol. The van der Waals surface area contributed by atoms with E-state index in [0.29, 0.717) is 17.3 Å². The number of amides is 1. The maximum Gasteiger partial charge on any atom is 0.273 e. The zero-order chi connectivity index (χ0) is 15.5. The Balaban J connectivity index is 1.82. The van der Waals surface area contributed by atoms with Gasteiger partial charge < -0.3 is 10.6 Å². The summed E-state index contributed by atoms with van der Waals surface area (Å²) in [5, 5.41) is 3.30. The Morgan fingerprint density at radius 3 is 3.09 bits per heavy atom. The quantitative estimate of drug-likeness (QED) is 0.935. The van der Waals surface area contributed by atoms with E-state index in [1.54, 1.807) is 0 Å². The largest absolute Gasteiger partial charge is 0.333 e. The highest BCUT2D eigenvalue weighted by atomic mass is 35.5. The van der Waals surface area contributed by atoms with Gasteiger partial charge in [-0.3, -0.25) is 4.79 Å². The molecule has 0 bridgehead atoms. The molecule has 1 amide bonds. The van der Waals surface area contributed by atoms with E-state index < -0.39 is 0 Å². The SMILES string of the molecule is NCC1CCCCN1C(=O)c1csc(-c2cccc(Cl)c2)n1. The number of nitrogens with zero attached hydrogens (tertiary/aromatic N) is 2. The van der Waals surface area contributed by atoms with Crippen LogP contribution in [0, 0.1) is 0 Å². The molecule has 1 fully saturated rings. The van der Waals surface area contributed by atoms with Crippen molar-refractivity contribution >= 4 is 28.8 Å². The molecule has 0 spiro atoms. The summed E-state index contributed by atoms with van der Waals surface area (Å²) in [4.78, 5) is 19.0. The second kappa shape index (κ2) is 6.77. The number of likely N-dealkylation sites (tertiary alicyclic amines) is 1. The lowest BCUT2D eigenvalue weighted by atomic mass is 10.0. The van der Waals surface area contributed by atoms with E-state index in [4.69, 9.17) is 17.3 Å². The molecule has 1 aromatic heterocycles. The first-order valence-electron chi connectivity index (χ1n) is 7.41. The fourth-order valence-corrected chi connectivity index (χ4v) is 3.77. The topological polar surface area (TPSA) is 59.2 Å². The van der Waals surface area contributed by atoms with Crippen molar-refractivity contribution in [3.05, 3.63) is 40.4 Å². The molecule has 2 heterocycles. The standard InChI is InChI=1S/C16H18ClN3OS/c17-12-5-3-4-11(8-12)15-19-14(10-22-15)16(21)20-7-2-1-6-13(20)9-18/h3-5,8,10,13H,1-2,6-7,9,18H2. The lowest BCUT2D eigenvalue weighted by Crippen LogP contribution is -2.47. The van der Waals surface area contributed by atoms with E-state index in [2.05, 4.69) is 4.98 Å². The van der Waals surface area contributed by atoms with Gasteiger partial charge >= 0.3 is 0 Å². The van der Waals surface area contributed by atoms with E-state index in [9.17, 15) is 4.79 Å². The number of carbonyl (C=O) groups excluding carboxylic acids is 1. The number of piperidine rings is 1. The van der Waals surface area contributed by atoms with E-state index >= 15 is 0 Å². The van der Waals surface area contributed by atoms with Crippen LogP contribution in [-0.4, -0.2) is 34.9 Å². The lowest BCUT2D eigenvalue weighted by Gasteiger charge is -2.34. The van der Waals surface area contributed by atoms with Crippen molar-refractivity contribution in [2.24, 2.45) is 5.73 Å². The van der Waals surface area contributed by atoms with E-state index in [-0.39, 0.29) is 11.9 Å². The summed E-state index contributed by atoms with van der Waals surface area (Å²) in [5.41, 5.74) is 7.23. The zero-order valence-corrected chi connectivity index (χ0v) is 13.7. The number of hydrogen-bond donors (Lipinski definition) is 1. The molecule has 1 unspecified atom stereocenters. The maximum atomic E-state index is 12.7. The first-order valence-corrected chi connectivity index (χ1v) is 8.67. The van der Waals surface area contributed by atoms with Gasteiger partial charge in [-0.05, 0) is 31.4 Å². The molecular formula is C16H18ClN3OS. The minimum atomic E-state index is -0.0142. The van der Waals surface area contributed by atoms with Crippen LogP contribution in [-0.2, 0) is 0 Å². The van der Waals surface area contributed by atoms with Crippen molar-refractivity contribution < 1.29 is 4.79 Å². The van der Waals surface area contributed by atoms with Crippen molar-refractivity contribution in [3.8, 4) is 10.6 Å². The molecule has 116 valence electrons. The van der Waals surface area contributed by atoms with Gasteiger partial charge in [0.2, 0.25) is 0 Å². The minimum absolute atomic E-state index is 0.0142. The number of thiazole rings is 1. The Bertz CT molecular complexity index is 673. The number of rotatable bonds is 3. The molecule has 22 heavy (non-hydrogen) atoms. The maximum absolute atomic E-state index is 12.7. The smallest absolute Gasteiger partial charge is 0.273 e. The summed E-state index contributed by atoms with van der Waals surface area (Å²) < 4.78 is 0. The van der Waals surface area contributed by atoms with Crippen molar-refractivity contribution in [2.75, 3.05) is 13.1 Å². The zero-order valence-electron chi connectivity index (χ0n) is 12.2. The van der Waals surface area contributed by atoms with Gasteiger partial charge in [0, 0.05) is 35.1 Å². The Hall–Kier alpha value is -1.43. The molecule has 1 aliphatic rings. The van der Waals surface area contributed by atoms with Gasteiger partial charge in [0.25, 0.3) is 5.91 Å². The third-order valence-electron chi connectivity index (χ3n) is 3.95. The molecular weight excluding hydrogens is 318 g/mol. The van der Waals surface area contributed by atoms with Crippen LogP contribution in [0.5, 0.6) is 0 Å². The molecule has 4 nitrogen and oxygen atoms in total. The lowest BCUT2D eigenvalue weighted by molar-refractivity contribution is 0.0618. The fourth-order valence-electron chi connectivity index (χ4n) is 2.79. The van der Waals surface area contributed by atoms with E-state index in [1.165, 1.54) is 11.3 Å². The molecule has 0 radical (unpaired) electrons. The molecule has 1 saturated heterocycles. The monoisotopic (exact) mass is 335 g/mol. The minimum Gasteiger partial charge on any atom is -0.333 e. The van der Waals surface area contributed by atoms with Crippen molar-refractivity contribution in [1.29, 1.82) is 0 Å². The Morgan fingerprint density at radius 2 is 2.32 bits per heavy atom. The van der Waals surface area contributed by atoms with Gasteiger partial charge in [0.05, 0.1) is 0 Å². The fraction of sp³-hybridized carbons (Fsp3) is 0.375. The van der Waals surface area contributed by atoms with Crippen LogP contribution in [0.1, 0.15) is 29.8 Å². The van der Waals surface area contributed by atoms with E-state index in [1.807, 2.05) is 34.5 Å². The molecule has 1 aromatic carbocycles. The van der Waals surface area contributed by atoms with Gasteiger partial charge in [0.1, 0.15) is 10.7 Å². The number of hydrogen-bond acceptors (Lipinski definition) is 4. The van der Waals surface area contributed by atoms with Crippen LogP contribution in [0.25, 0.3) is 10.6 Å². The molecule has 6 heteroatoms. The molecule has 1 atom stereocenters. The van der Waals surface area contributed by atoms with Crippen molar-refractivity contribution in [3.63, 3.8) is 0 Å². The molecule has 0 aliphatic carbocycles. The second-order valence-electron chi connectivity index (χ2n) is 5.43.